The number of methoxy groups -OCH3 is 1. The summed E-state index contributed by atoms with van der Waals surface area (Å²) in [5, 5.41) is 5.82. The normalized spacial score (nSPS) is 11.4. The highest BCUT2D eigenvalue weighted by molar-refractivity contribution is 5.96. The maximum absolute atomic E-state index is 12.2. The molecule has 0 aliphatic rings. The molecule has 1 aromatic heterocycles. The van der Waals surface area contributed by atoms with Crippen molar-refractivity contribution in [2.75, 3.05) is 20.7 Å². The van der Waals surface area contributed by atoms with Crippen molar-refractivity contribution >= 4 is 12.2 Å². The first-order chi connectivity index (χ1) is 16.4. The number of aldehydes is 1. The monoisotopic (exact) mass is 467 g/mol. The van der Waals surface area contributed by atoms with Gasteiger partial charge in [0.25, 0.3) is 5.91 Å². The van der Waals surface area contributed by atoms with E-state index in [0.29, 0.717) is 12.0 Å². The summed E-state index contributed by atoms with van der Waals surface area (Å²) in [6.07, 6.45) is 9.85. The summed E-state index contributed by atoms with van der Waals surface area (Å²) in [5.41, 5.74) is 3.57. The molecule has 1 unspecified atom stereocenters. The molecule has 0 radical (unpaired) electrons. The van der Waals surface area contributed by atoms with Crippen LogP contribution in [-0.4, -0.2) is 43.9 Å². The lowest BCUT2D eigenvalue weighted by atomic mass is 10.1. The van der Waals surface area contributed by atoms with Gasteiger partial charge in [0.15, 0.2) is 0 Å². The average Bonchev–Trinajstić information content (AvgIpc) is 2.87. The lowest BCUT2D eigenvalue weighted by Gasteiger charge is -2.14. The predicted molar refractivity (Wildman–Crippen MR) is 141 cm³/mol. The van der Waals surface area contributed by atoms with Crippen molar-refractivity contribution in [1.82, 2.24) is 15.6 Å². The summed E-state index contributed by atoms with van der Waals surface area (Å²) in [6, 6.07) is 10.6. The number of aryl methyl sites for hydroxylation is 1. The zero-order valence-corrected chi connectivity index (χ0v) is 21.7. The quantitative estimate of drug-likeness (QED) is 0.376. The fourth-order valence-electron chi connectivity index (χ4n) is 2.88. The van der Waals surface area contributed by atoms with Crippen molar-refractivity contribution in [2.24, 2.45) is 0 Å². The lowest BCUT2D eigenvalue weighted by molar-refractivity contribution is -0.109. The summed E-state index contributed by atoms with van der Waals surface area (Å²) < 4.78 is 5.17. The molecule has 0 saturated heterocycles. The smallest absolute Gasteiger partial charge is 0.251 e. The molecule has 2 N–H and O–H groups in total. The maximum atomic E-state index is 12.2. The number of carbonyl (C=O) groups is 2. The molecule has 1 heterocycles. The molecule has 0 bridgehead atoms. The molecule has 6 heteroatoms. The zero-order chi connectivity index (χ0) is 25.8. The first-order valence-corrected chi connectivity index (χ1v) is 11.7. The minimum absolute atomic E-state index is 0.262. The van der Waals surface area contributed by atoms with Gasteiger partial charge in [-0.15, -0.1) is 0 Å². The van der Waals surface area contributed by atoms with E-state index < -0.39 is 6.04 Å². The molecule has 2 rings (SSSR count). The van der Waals surface area contributed by atoms with Crippen molar-refractivity contribution in [2.45, 2.75) is 53.5 Å². The first kappa shape index (κ1) is 30.8. The number of ether oxygens (including phenoxy) is 1. The standard InChI is InChI=1S/C18H23NO3.C8H12N2.C2H6/c1-5-6-7-13(2)10-16(12-20)19-18(21)15-8-9-17(22-4)14(3)11-15;1-9-7-5-8-4-2-3-6-10-8;1-2/h5-9,11-12,16H,10H2,1-4H3,(H,19,21);2-4,6,9H,5,7H2,1H3;1-2H3/b6-5-,13-7+;;. The first-order valence-electron chi connectivity index (χ1n) is 11.7. The van der Waals surface area contributed by atoms with Gasteiger partial charge in [0.1, 0.15) is 12.0 Å². The number of aromatic nitrogens is 1. The minimum Gasteiger partial charge on any atom is -0.496 e. The van der Waals surface area contributed by atoms with Gasteiger partial charge in [-0.05, 0) is 70.1 Å². The van der Waals surface area contributed by atoms with E-state index >= 15 is 0 Å². The predicted octanol–water partition coefficient (Wildman–Crippen LogP) is 5.08. The van der Waals surface area contributed by atoms with Gasteiger partial charge in [0.2, 0.25) is 0 Å². The molecule has 1 aromatic carbocycles. The Kier molecular flexibility index (Phi) is 17.4. The highest BCUT2D eigenvalue weighted by atomic mass is 16.5. The third-order valence-electron chi connectivity index (χ3n) is 4.61. The Balaban J connectivity index is 0.000000753. The number of amides is 1. The van der Waals surface area contributed by atoms with Crippen LogP contribution in [0.15, 0.2) is 66.4 Å². The second-order valence-corrected chi connectivity index (χ2v) is 7.32. The van der Waals surface area contributed by atoms with E-state index in [1.165, 1.54) is 0 Å². The van der Waals surface area contributed by atoms with Gasteiger partial charge in [-0.1, -0.05) is 43.7 Å². The topological polar surface area (TPSA) is 80.3 Å². The average molecular weight is 468 g/mol. The summed E-state index contributed by atoms with van der Waals surface area (Å²) in [4.78, 5) is 27.6. The summed E-state index contributed by atoms with van der Waals surface area (Å²) in [5.74, 6) is 0.468. The largest absolute Gasteiger partial charge is 0.496 e. The molecule has 1 atom stereocenters. The van der Waals surface area contributed by atoms with Gasteiger partial charge < -0.3 is 20.2 Å². The van der Waals surface area contributed by atoms with Gasteiger partial charge in [-0.3, -0.25) is 9.78 Å². The fourth-order valence-corrected chi connectivity index (χ4v) is 2.88. The van der Waals surface area contributed by atoms with Crippen LogP contribution >= 0.6 is 0 Å². The van der Waals surface area contributed by atoms with Crippen molar-refractivity contribution in [3.8, 4) is 5.75 Å². The van der Waals surface area contributed by atoms with E-state index in [4.69, 9.17) is 4.74 Å². The van der Waals surface area contributed by atoms with Crippen LogP contribution in [0.5, 0.6) is 5.75 Å². The van der Waals surface area contributed by atoms with Crippen LogP contribution < -0.4 is 15.4 Å². The maximum Gasteiger partial charge on any atom is 0.251 e. The van der Waals surface area contributed by atoms with Crippen LogP contribution in [0.2, 0.25) is 0 Å². The Morgan fingerprint density at radius 2 is 1.94 bits per heavy atom. The Hall–Kier alpha value is -3.25. The number of likely N-dealkylation sites (N-methyl/N-ethyl adjacent to an activating group) is 1. The molecular formula is C28H41N3O3. The lowest BCUT2D eigenvalue weighted by Crippen LogP contribution is -2.36. The summed E-state index contributed by atoms with van der Waals surface area (Å²) in [7, 11) is 3.54. The van der Waals surface area contributed by atoms with Crippen LogP contribution in [0.3, 0.4) is 0 Å². The number of nitrogens with one attached hydrogen (secondary N) is 2. The van der Waals surface area contributed by atoms with E-state index in [0.717, 1.165) is 41.8 Å². The van der Waals surface area contributed by atoms with Crippen molar-refractivity contribution in [1.29, 1.82) is 0 Å². The molecule has 0 fully saturated rings. The molecule has 34 heavy (non-hydrogen) atoms. The highest BCUT2D eigenvalue weighted by Crippen LogP contribution is 2.18. The van der Waals surface area contributed by atoms with Crippen molar-refractivity contribution < 1.29 is 14.3 Å². The Labute approximate surface area is 205 Å². The number of benzene rings is 1. The van der Waals surface area contributed by atoms with Crippen LogP contribution in [0.1, 0.15) is 55.7 Å². The summed E-state index contributed by atoms with van der Waals surface area (Å²) >= 11 is 0. The molecule has 6 nitrogen and oxygen atoms in total. The molecule has 2 aromatic rings. The number of pyridine rings is 1. The van der Waals surface area contributed by atoms with Gasteiger partial charge in [0.05, 0.1) is 13.2 Å². The van der Waals surface area contributed by atoms with Gasteiger partial charge in [-0.2, -0.15) is 0 Å². The van der Waals surface area contributed by atoms with E-state index in [-0.39, 0.29) is 5.91 Å². The fraction of sp³-hybridized carbons (Fsp3) is 0.393. The number of carbonyl (C=O) groups excluding carboxylic acids is 2. The van der Waals surface area contributed by atoms with Crippen LogP contribution in [0.25, 0.3) is 0 Å². The molecule has 186 valence electrons. The third-order valence-corrected chi connectivity index (χ3v) is 4.61. The number of hydrogen-bond acceptors (Lipinski definition) is 5. The second-order valence-electron chi connectivity index (χ2n) is 7.32. The number of nitrogens with zero attached hydrogens (tertiary/aromatic N) is 1. The van der Waals surface area contributed by atoms with Gasteiger partial charge >= 0.3 is 0 Å². The molecule has 0 aliphatic heterocycles. The number of hydrogen-bond donors (Lipinski definition) is 2. The van der Waals surface area contributed by atoms with Crippen molar-refractivity contribution in [3.05, 3.63) is 83.2 Å². The second kappa shape index (κ2) is 19.2. The molecule has 0 aliphatic carbocycles. The van der Waals surface area contributed by atoms with Crippen LogP contribution in [0.4, 0.5) is 0 Å². The number of rotatable bonds is 10. The van der Waals surface area contributed by atoms with Crippen LogP contribution in [0, 0.1) is 6.92 Å². The van der Waals surface area contributed by atoms with Gasteiger partial charge in [-0.25, -0.2) is 0 Å². The van der Waals surface area contributed by atoms with Crippen molar-refractivity contribution in [3.63, 3.8) is 0 Å². The van der Waals surface area contributed by atoms with Gasteiger partial charge in [0, 0.05) is 30.4 Å². The number of allylic oxidation sites excluding steroid dienone is 3. The molecule has 0 spiro atoms. The Morgan fingerprint density at radius 1 is 1.21 bits per heavy atom. The minimum atomic E-state index is -0.531. The zero-order valence-electron chi connectivity index (χ0n) is 21.7. The molecule has 0 saturated carbocycles. The third kappa shape index (κ3) is 12.7. The Bertz CT molecular complexity index is 893. The molecular weight excluding hydrogens is 426 g/mol. The molecule has 1 amide bonds. The Morgan fingerprint density at radius 3 is 2.47 bits per heavy atom. The van der Waals surface area contributed by atoms with E-state index in [2.05, 4.69) is 15.6 Å². The van der Waals surface area contributed by atoms with Crippen LogP contribution in [-0.2, 0) is 11.2 Å². The van der Waals surface area contributed by atoms with E-state index in [1.54, 1.807) is 25.3 Å². The summed E-state index contributed by atoms with van der Waals surface area (Å²) in [6.45, 7) is 10.7. The SMILES string of the molecule is C/C=C\C=C(/C)CC(C=O)NC(=O)c1ccc(OC)c(C)c1.CC.CNCCc1ccccn1. The highest BCUT2D eigenvalue weighted by Gasteiger charge is 2.14. The van der Waals surface area contributed by atoms with E-state index in [1.807, 2.05) is 84.3 Å². The van der Waals surface area contributed by atoms with E-state index in [9.17, 15) is 9.59 Å².